The van der Waals surface area contributed by atoms with Crippen molar-refractivity contribution in [1.29, 1.82) is 0 Å². The Bertz CT molecular complexity index is 597. The first-order valence-corrected chi connectivity index (χ1v) is 6.77. The lowest BCUT2D eigenvalue weighted by molar-refractivity contribution is -0.123. The molecule has 1 heterocycles. The Morgan fingerprint density at radius 1 is 1.29 bits per heavy atom. The number of nitrogens with zero attached hydrogens (tertiary/aromatic N) is 1. The maximum Gasteiger partial charge on any atom is 0.258 e. The molecule has 0 saturated heterocycles. The van der Waals surface area contributed by atoms with Crippen LogP contribution in [-0.2, 0) is 17.9 Å². The van der Waals surface area contributed by atoms with E-state index in [0.717, 1.165) is 16.7 Å². The largest absolute Gasteiger partial charge is 0.484 e. The Morgan fingerprint density at radius 3 is 2.71 bits per heavy atom. The van der Waals surface area contributed by atoms with Crippen molar-refractivity contribution in [1.82, 2.24) is 10.3 Å². The summed E-state index contributed by atoms with van der Waals surface area (Å²) in [6.45, 7) is 2.92. The fraction of sp³-hybridized carbons (Fsp3) is 0.250. The van der Waals surface area contributed by atoms with Crippen LogP contribution >= 0.6 is 0 Å². The molecular formula is C16H19N3O2. The average molecular weight is 285 g/mol. The highest BCUT2D eigenvalue weighted by atomic mass is 16.5. The van der Waals surface area contributed by atoms with Gasteiger partial charge in [0.1, 0.15) is 5.75 Å². The fourth-order valence-corrected chi connectivity index (χ4v) is 1.80. The zero-order valence-corrected chi connectivity index (χ0v) is 12.0. The summed E-state index contributed by atoms with van der Waals surface area (Å²) < 4.78 is 5.42. The summed E-state index contributed by atoms with van der Waals surface area (Å²) in [5.41, 5.74) is 8.64. The summed E-state index contributed by atoms with van der Waals surface area (Å²) >= 11 is 0. The molecule has 0 aliphatic rings. The Kier molecular flexibility index (Phi) is 5.29. The van der Waals surface area contributed by atoms with E-state index >= 15 is 0 Å². The van der Waals surface area contributed by atoms with Gasteiger partial charge >= 0.3 is 0 Å². The number of benzene rings is 1. The molecule has 1 aromatic carbocycles. The summed E-state index contributed by atoms with van der Waals surface area (Å²) in [6, 6.07) is 9.29. The van der Waals surface area contributed by atoms with Gasteiger partial charge in [-0.1, -0.05) is 12.1 Å². The van der Waals surface area contributed by atoms with Gasteiger partial charge in [-0.05, 0) is 41.8 Å². The summed E-state index contributed by atoms with van der Waals surface area (Å²) in [5, 5.41) is 2.81. The number of hydrogen-bond donors (Lipinski definition) is 2. The molecule has 0 aliphatic heterocycles. The van der Waals surface area contributed by atoms with Crippen molar-refractivity contribution < 1.29 is 9.53 Å². The van der Waals surface area contributed by atoms with Crippen LogP contribution in [0.4, 0.5) is 0 Å². The number of nitrogens with one attached hydrogen (secondary N) is 1. The molecular weight excluding hydrogens is 266 g/mol. The molecule has 21 heavy (non-hydrogen) atoms. The van der Waals surface area contributed by atoms with Crippen molar-refractivity contribution in [2.75, 3.05) is 6.61 Å². The molecule has 110 valence electrons. The van der Waals surface area contributed by atoms with Gasteiger partial charge < -0.3 is 15.8 Å². The van der Waals surface area contributed by atoms with E-state index in [1.54, 1.807) is 24.5 Å². The third-order valence-electron chi connectivity index (χ3n) is 3.15. The van der Waals surface area contributed by atoms with Gasteiger partial charge in [0.05, 0.1) is 0 Å². The standard InChI is InChI=1S/C16H19N3O2/c1-12-6-7-18-9-14(12)10-19-16(20)11-21-15-4-2-13(8-17)3-5-15/h2-7,9H,8,10-11,17H2,1H3,(H,19,20). The van der Waals surface area contributed by atoms with Gasteiger partial charge in [-0.2, -0.15) is 0 Å². The maximum absolute atomic E-state index is 11.7. The molecule has 0 spiro atoms. The fourth-order valence-electron chi connectivity index (χ4n) is 1.80. The molecule has 1 amide bonds. The average Bonchev–Trinajstić information content (AvgIpc) is 2.52. The number of amides is 1. The first kappa shape index (κ1) is 15.0. The van der Waals surface area contributed by atoms with Crippen LogP contribution in [0.5, 0.6) is 5.75 Å². The smallest absolute Gasteiger partial charge is 0.258 e. The third kappa shape index (κ3) is 4.57. The maximum atomic E-state index is 11.7. The monoisotopic (exact) mass is 285 g/mol. The second-order valence-electron chi connectivity index (χ2n) is 4.72. The minimum Gasteiger partial charge on any atom is -0.484 e. The van der Waals surface area contributed by atoms with E-state index in [9.17, 15) is 4.79 Å². The SMILES string of the molecule is Cc1ccncc1CNC(=O)COc1ccc(CN)cc1. The van der Waals surface area contributed by atoms with Crippen molar-refractivity contribution in [3.05, 3.63) is 59.4 Å². The number of pyridine rings is 1. The van der Waals surface area contributed by atoms with Crippen molar-refractivity contribution >= 4 is 5.91 Å². The minimum atomic E-state index is -0.166. The van der Waals surface area contributed by atoms with Crippen molar-refractivity contribution in [2.24, 2.45) is 5.73 Å². The first-order chi connectivity index (χ1) is 10.2. The molecule has 2 rings (SSSR count). The van der Waals surface area contributed by atoms with E-state index in [0.29, 0.717) is 18.8 Å². The van der Waals surface area contributed by atoms with Crippen LogP contribution in [0.1, 0.15) is 16.7 Å². The second-order valence-corrected chi connectivity index (χ2v) is 4.72. The number of ether oxygens (including phenoxy) is 1. The van der Waals surface area contributed by atoms with E-state index in [2.05, 4.69) is 10.3 Å². The number of rotatable bonds is 6. The molecule has 0 atom stereocenters. The van der Waals surface area contributed by atoms with Gasteiger partial charge in [-0.3, -0.25) is 9.78 Å². The summed E-state index contributed by atoms with van der Waals surface area (Å²) in [4.78, 5) is 15.8. The molecule has 2 aromatic rings. The van der Waals surface area contributed by atoms with Crippen LogP contribution in [0.25, 0.3) is 0 Å². The highest BCUT2D eigenvalue weighted by Gasteiger charge is 2.04. The van der Waals surface area contributed by atoms with E-state index < -0.39 is 0 Å². The topological polar surface area (TPSA) is 77.2 Å². The molecule has 0 fully saturated rings. The number of aryl methyl sites for hydroxylation is 1. The summed E-state index contributed by atoms with van der Waals surface area (Å²) in [6.07, 6.45) is 3.48. The Labute approximate surface area is 124 Å². The van der Waals surface area contributed by atoms with Gasteiger partial charge in [-0.15, -0.1) is 0 Å². The van der Waals surface area contributed by atoms with Crippen LogP contribution in [0.2, 0.25) is 0 Å². The lowest BCUT2D eigenvalue weighted by Gasteiger charge is -2.09. The zero-order chi connectivity index (χ0) is 15.1. The van der Waals surface area contributed by atoms with Gasteiger partial charge in [0, 0.05) is 25.5 Å². The number of carbonyl (C=O) groups is 1. The van der Waals surface area contributed by atoms with Gasteiger partial charge in [-0.25, -0.2) is 0 Å². The van der Waals surface area contributed by atoms with Crippen molar-refractivity contribution in [3.8, 4) is 5.75 Å². The summed E-state index contributed by atoms with van der Waals surface area (Å²) in [7, 11) is 0. The Hall–Kier alpha value is -2.40. The molecule has 5 heteroatoms. The number of hydrogen-bond acceptors (Lipinski definition) is 4. The molecule has 3 N–H and O–H groups in total. The van der Waals surface area contributed by atoms with E-state index in [1.807, 2.05) is 25.1 Å². The first-order valence-electron chi connectivity index (χ1n) is 6.77. The second kappa shape index (κ2) is 7.40. The molecule has 0 bridgehead atoms. The highest BCUT2D eigenvalue weighted by molar-refractivity contribution is 5.77. The van der Waals surface area contributed by atoms with Crippen LogP contribution in [0.3, 0.4) is 0 Å². The molecule has 1 aromatic heterocycles. The third-order valence-corrected chi connectivity index (χ3v) is 3.15. The molecule has 0 radical (unpaired) electrons. The molecule has 0 aliphatic carbocycles. The van der Waals surface area contributed by atoms with Crippen molar-refractivity contribution in [3.63, 3.8) is 0 Å². The Morgan fingerprint density at radius 2 is 2.05 bits per heavy atom. The quantitative estimate of drug-likeness (QED) is 0.844. The predicted octanol–water partition coefficient (Wildman–Crippen LogP) is 1.54. The minimum absolute atomic E-state index is 0.0126. The number of nitrogens with two attached hydrogens (primary N) is 1. The van der Waals surface area contributed by atoms with Gasteiger partial charge in [0.25, 0.3) is 5.91 Å². The van der Waals surface area contributed by atoms with Crippen LogP contribution in [-0.4, -0.2) is 17.5 Å². The van der Waals surface area contributed by atoms with Crippen LogP contribution < -0.4 is 15.8 Å². The molecule has 5 nitrogen and oxygen atoms in total. The van der Waals surface area contributed by atoms with E-state index in [4.69, 9.17) is 10.5 Å². The lowest BCUT2D eigenvalue weighted by atomic mass is 10.1. The van der Waals surface area contributed by atoms with Gasteiger partial charge in [0.2, 0.25) is 0 Å². The van der Waals surface area contributed by atoms with Crippen LogP contribution in [0, 0.1) is 6.92 Å². The van der Waals surface area contributed by atoms with E-state index in [1.165, 1.54) is 0 Å². The zero-order valence-electron chi connectivity index (χ0n) is 12.0. The van der Waals surface area contributed by atoms with Crippen LogP contribution in [0.15, 0.2) is 42.7 Å². The normalized spacial score (nSPS) is 10.2. The summed E-state index contributed by atoms with van der Waals surface area (Å²) in [5.74, 6) is 0.487. The Balaban J connectivity index is 1.78. The van der Waals surface area contributed by atoms with E-state index in [-0.39, 0.29) is 12.5 Å². The predicted molar refractivity (Wildman–Crippen MR) is 80.6 cm³/mol. The van der Waals surface area contributed by atoms with Crippen molar-refractivity contribution in [2.45, 2.75) is 20.0 Å². The highest BCUT2D eigenvalue weighted by Crippen LogP contribution is 2.11. The van der Waals surface area contributed by atoms with Gasteiger partial charge in [0.15, 0.2) is 6.61 Å². The molecule has 0 unspecified atom stereocenters. The molecule has 0 saturated carbocycles. The lowest BCUT2D eigenvalue weighted by Crippen LogP contribution is -2.28. The number of carbonyl (C=O) groups excluding carboxylic acids is 1. The number of aromatic nitrogens is 1.